The first kappa shape index (κ1) is 11.9. The Balaban J connectivity index is 2.00. The van der Waals surface area contributed by atoms with Gasteiger partial charge in [-0.05, 0) is 33.0 Å². The molecule has 6 nitrogen and oxygen atoms in total. The molecule has 0 atom stereocenters. The van der Waals surface area contributed by atoms with E-state index in [0.717, 1.165) is 25.9 Å². The lowest BCUT2D eigenvalue weighted by molar-refractivity contribution is 0.0654. The van der Waals surface area contributed by atoms with Crippen molar-refractivity contribution in [2.75, 3.05) is 32.9 Å². The third kappa shape index (κ3) is 2.58. The van der Waals surface area contributed by atoms with Gasteiger partial charge in [-0.2, -0.15) is 5.10 Å². The Labute approximate surface area is 101 Å². The third-order valence-electron chi connectivity index (χ3n) is 3.38. The standard InChI is InChI=1S/C11H19N5O/c1-15-5-3-8(4-6-15)16(2)11(17)9-7-10(12)14-13-9/h7-8H,3-6H2,1-2H3,(H3,12,13,14). The smallest absolute Gasteiger partial charge is 0.271 e. The number of H-pyrrole nitrogens is 1. The molecule has 0 spiro atoms. The maximum absolute atomic E-state index is 12.1. The van der Waals surface area contributed by atoms with Crippen molar-refractivity contribution in [3.05, 3.63) is 11.8 Å². The van der Waals surface area contributed by atoms with Crippen LogP contribution in [0.25, 0.3) is 0 Å². The molecular formula is C11H19N5O. The highest BCUT2D eigenvalue weighted by Gasteiger charge is 2.25. The van der Waals surface area contributed by atoms with E-state index in [-0.39, 0.29) is 5.91 Å². The highest BCUT2D eigenvalue weighted by atomic mass is 16.2. The molecule has 3 N–H and O–H groups in total. The molecule has 1 aromatic heterocycles. The van der Waals surface area contributed by atoms with Gasteiger partial charge in [0.2, 0.25) is 0 Å². The van der Waals surface area contributed by atoms with Gasteiger partial charge < -0.3 is 15.5 Å². The number of rotatable bonds is 2. The lowest BCUT2D eigenvalue weighted by atomic mass is 10.0. The van der Waals surface area contributed by atoms with E-state index in [4.69, 9.17) is 5.73 Å². The maximum atomic E-state index is 12.1. The van der Waals surface area contributed by atoms with E-state index in [1.165, 1.54) is 0 Å². The van der Waals surface area contributed by atoms with Crippen molar-refractivity contribution in [3.8, 4) is 0 Å². The number of likely N-dealkylation sites (tertiary alicyclic amines) is 1. The molecule has 1 fully saturated rings. The van der Waals surface area contributed by atoms with Gasteiger partial charge in [0.25, 0.3) is 5.91 Å². The van der Waals surface area contributed by atoms with Crippen molar-refractivity contribution < 1.29 is 4.79 Å². The average Bonchev–Trinajstić information content (AvgIpc) is 2.75. The molecule has 94 valence electrons. The SMILES string of the molecule is CN1CCC(N(C)C(=O)c2cc(N)n[nH]2)CC1. The Hall–Kier alpha value is -1.56. The van der Waals surface area contributed by atoms with Crippen molar-refractivity contribution in [2.24, 2.45) is 0 Å². The van der Waals surface area contributed by atoms with E-state index in [1.807, 2.05) is 7.05 Å². The lowest BCUT2D eigenvalue weighted by Crippen LogP contribution is -2.44. The van der Waals surface area contributed by atoms with Gasteiger partial charge in [-0.1, -0.05) is 0 Å². The van der Waals surface area contributed by atoms with Crippen LogP contribution in [0.3, 0.4) is 0 Å². The van der Waals surface area contributed by atoms with Crippen LogP contribution in [0.1, 0.15) is 23.3 Å². The monoisotopic (exact) mass is 237 g/mol. The summed E-state index contributed by atoms with van der Waals surface area (Å²) in [5.74, 6) is 0.314. The summed E-state index contributed by atoms with van der Waals surface area (Å²) >= 11 is 0. The lowest BCUT2D eigenvalue weighted by Gasteiger charge is -2.34. The first-order valence-electron chi connectivity index (χ1n) is 5.84. The number of nitrogens with two attached hydrogens (primary N) is 1. The zero-order valence-corrected chi connectivity index (χ0v) is 10.3. The summed E-state index contributed by atoms with van der Waals surface area (Å²) in [6, 6.07) is 1.89. The zero-order chi connectivity index (χ0) is 12.4. The molecule has 0 aromatic carbocycles. The molecule has 0 radical (unpaired) electrons. The molecule has 0 saturated carbocycles. The van der Waals surface area contributed by atoms with E-state index >= 15 is 0 Å². The van der Waals surface area contributed by atoms with Gasteiger partial charge in [0.1, 0.15) is 11.5 Å². The Morgan fingerprint density at radius 1 is 1.59 bits per heavy atom. The maximum Gasteiger partial charge on any atom is 0.271 e. The molecule has 1 aliphatic heterocycles. The van der Waals surface area contributed by atoms with Crippen LogP contribution < -0.4 is 5.73 Å². The number of amides is 1. The number of aromatic amines is 1. The summed E-state index contributed by atoms with van der Waals surface area (Å²) in [7, 11) is 3.95. The van der Waals surface area contributed by atoms with Gasteiger partial charge >= 0.3 is 0 Å². The molecule has 0 aliphatic carbocycles. The van der Waals surface area contributed by atoms with E-state index in [0.29, 0.717) is 17.6 Å². The van der Waals surface area contributed by atoms with Crippen molar-refractivity contribution >= 4 is 11.7 Å². The fourth-order valence-electron chi connectivity index (χ4n) is 2.18. The van der Waals surface area contributed by atoms with E-state index in [2.05, 4.69) is 22.1 Å². The minimum absolute atomic E-state index is 0.0382. The summed E-state index contributed by atoms with van der Waals surface area (Å²) in [5, 5.41) is 6.43. The average molecular weight is 237 g/mol. The first-order chi connectivity index (χ1) is 8.08. The Morgan fingerprint density at radius 2 is 2.24 bits per heavy atom. The topological polar surface area (TPSA) is 78.2 Å². The van der Waals surface area contributed by atoms with Crippen molar-refractivity contribution in [1.82, 2.24) is 20.0 Å². The van der Waals surface area contributed by atoms with Crippen LogP contribution >= 0.6 is 0 Å². The van der Waals surface area contributed by atoms with Crippen LogP contribution in [0.5, 0.6) is 0 Å². The molecule has 0 unspecified atom stereocenters. The molecule has 1 aliphatic rings. The van der Waals surface area contributed by atoms with Gasteiger partial charge in [-0.3, -0.25) is 9.89 Å². The predicted molar refractivity (Wildman–Crippen MR) is 65.6 cm³/mol. The van der Waals surface area contributed by atoms with E-state index in [9.17, 15) is 4.79 Å². The molecule has 1 aromatic rings. The Bertz CT molecular complexity index is 394. The summed E-state index contributed by atoms with van der Waals surface area (Å²) in [5.41, 5.74) is 5.96. The number of nitrogens with zero attached hydrogens (tertiary/aromatic N) is 3. The quantitative estimate of drug-likeness (QED) is 0.768. The van der Waals surface area contributed by atoms with E-state index < -0.39 is 0 Å². The third-order valence-corrected chi connectivity index (χ3v) is 3.38. The van der Waals surface area contributed by atoms with Crippen LogP contribution in [0.2, 0.25) is 0 Å². The molecule has 2 rings (SSSR count). The second-order valence-electron chi connectivity index (χ2n) is 4.66. The highest BCUT2D eigenvalue weighted by Crippen LogP contribution is 2.16. The van der Waals surface area contributed by atoms with E-state index in [1.54, 1.807) is 11.0 Å². The van der Waals surface area contributed by atoms with Crippen molar-refractivity contribution in [2.45, 2.75) is 18.9 Å². The minimum Gasteiger partial charge on any atom is -0.382 e. The molecular weight excluding hydrogens is 218 g/mol. The first-order valence-corrected chi connectivity index (χ1v) is 5.84. The number of nitrogen functional groups attached to an aromatic ring is 1. The molecule has 17 heavy (non-hydrogen) atoms. The second-order valence-corrected chi connectivity index (χ2v) is 4.66. The minimum atomic E-state index is -0.0382. The molecule has 1 amide bonds. The van der Waals surface area contributed by atoms with Crippen molar-refractivity contribution in [3.63, 3.8) is 0 Å². The van der Waals surface area contributed by atoms with Gasteiger partial charge in [0.15, 0.2) is 0 Å². The van der Waals surface area contributed by atoms with Gasteiger partial charge in [0.05, 0.1) is 0 Å². The number of anilines is 1. The zero-order valence-electron chi connectivity index (χ0n) is 10.3. The summed E-state index contributed by atoms with van der Waals surface area (Å²) in [6.07, 6.45) is 2.03. The van der Waals surface area contributed by atoms with Gasteiger partial charge in [-0.25, -0.2) is 0 Å². The molecule has 2 heterocycles. The van der Waals surface area contributed by atoms with Crippen LogP contribution in [0.4, 0.5) is 5.82 Å². The van der Waals surface area contributed by atoms with Crippen LogP contribution in [0, 0.1) is 0 Å². The molecule has 6 heteroatoms. The summed E-state index contributed by atoms with van der Waals surface area (Å²) < 4.78 is 0. The predicted octanol–water partition coefficient (Wildman–Crippen LogP) is 0.158. The number of carbonyl (C=O) groups excluding carboxylic acids is 1. The van der Waals surface area contributed by atoms with Crippen LogP contribution in [0.15, 0.2) is 6.07 Å². The number of aromatic nitrogens is 2. The Kier molecular flexibility index (Phi) is 3.33. The largest absolute Gasteiger partial charge is 0.382 e. The molecule has 1 saturated heterocycles. The number of nitrogens with one attached hydrogen (secondary N) is 1. The number of hydrogen-bond donors (Lipinski definition) is 2. The Morgan fingerprint density at radius 3 is 2.76 bits per heavy atom. The van der Waals surface area contributed by atoms with Crippen LogP contribution in [-0.2, 0) is 0 Å². The number of carbonyl (C=O) groups is 1. The second kappa shape index (κ2) is 4.75. The molecule has 0 bridgehead atoms. The number of hydrogen-bond acceptors (Lipinski definition) is 4. The fraction of sp³-hybridized carbons (Fsp3) is 0.636. The highest BCUT2D eigenvalue weighted by molar-refractivity contribution is 5.93. The number of piperidine rings is 1. The fourth-order valence-corrected chi connectivity index (χ4v) is 2.18. The van der Waals surface area contributed by atoms with Crippen molar-refractivity contribution in [1.29, 1.82) is 0 Å². The summed E-state index contributed by atoms with van der Waals surface area (Å²) in [4.78, 5) is 16.2. The summed E-state index contributed by atoms with van der Waals surface area (Å²) in [6.45, 7) is 2.07. The van der Waals surface area contributed by atoms with Gasteiger partial charge in [0, 0.05) is 19.2 Å². The van der Waals surface area contributed by atoms with Crippen LogP contribution in [-0.4, -0.2) is 59.1 Å². The van der Waals surface area contributed by atoms with Gasteiger partial charge in [-0.15, -0.1) is 0 Å². The normalized spacial score (nSPS) is 18.2.